The molecule has 0 spiro atoms. The molecule has 1 amide bonds. The molecule has 0 bridgehead atoms. The van der Waals surface area contributed by atoms with Gasteiger partial charge in [-0.3, -0.25) is 4.79 Å². The molecule has 1 aromatic heterocycles. The first-order valence-corrected chi connectivity index (χ1v) is 12.5. The van der Waals surface area contributed by atoms with E-state index < -0.39 is 5.82 Å². The SMILES string of the molecule is CC(C)c1ccccc1OC(C)c1nnc(SCC(=O)Nc2ccc(Br)cc2F)n1C(C)C. The maximum absolute atomic E-state index is 14.0. The van der Waals surface area contributed by atoms with Crippen LogP contribution in [0.15, 0.2) is 52.1 Å². The lowest BCUT2D eigenvalue weighted by Crippen LogP contribution is -2.17. The third-order valence-electron chi connectivity index (χ3n) is 4.95. The third kappa shape index (κ3) is 6.35. The number of hydrogen-bond acceptors (Lipinski definition) is 5. The van der Waals surface area contributed by atoms with Crippen LogP contribution in [0.25, 0.3) is 0 Å². The number of para-hydroxylation sites is 1. The van der Waals surface area contributed by atoms with Crippen molar-refractivity contribution >= 4 is 39.3 Å². The minimum atomic E-state index is -0.497. The lowest BCUT2D eigenvalue weighted by atomic mass is 10.0. The van der Waals surface area contributed by atoms with Crippen LogP contribution >= 0.6 is 27.7 Å². The molecule has 0 fully saturated rings. The topological polar surface area (TPSA) is 69.0 Å². The highest BCUT2D eigenvalue weighted by Gasteiger charge is 2.23. The summed E-state index contributed by atoms with van der Waals surface area (Å²) in [5.74, 6) is 1.09. The van der Waals surface area contributed by atoms with Gasteiger partial charge in [-0.2, -0.15) is 0 Å². The number of nitrogens with zero attached hydrogens (tertiary/aromatic N) is 3. The molecule has 9 heteroatoms. The first-order valence-electron chi connectivity index (χ1n) is 10.8. The highest BCUT2D eigenvalue weighted by molar-refractivity contribution is 9.10. The molecule has 0 aliphatic rings. The standard InChI is InChI=1S/C24H28BrFN4O2S/c1-14(2)18-8-6-7-9-21(18)32-16(5)23-28-29-24(30(23)15(3)4)33-13-22(31)27-20-11-10-17(25)12-19(20)26/h6-12,14-16H,13H2,1-5H3,(H,27,31). The van der Waals surface area contributed by atoms with Crippen molar-refractivity contribution in [3.8, 4) is 5.75 Å². The van der Waals surface area contributed by atoms with Crippen molar-refractivity contribution in [3.63, 3.8) is 0 Å². The highest BCUT2D eigenvalue weighted by Crippen LogP contribution is 2.32. The van der Waals surface area contributed by atoms with Crippen LogP contribution < -0.4 is 10.1 Å². The summed E-state index contributed by atoms with van der Waals surface area (Å²) in [6, 6.07) is 12.5. The van der Waals surface area contributed by atoms with Gasteiger partial charge in [0, 0.05) is 10.5 Å². The molecule has 33 heavy (non-hydrogen) atoms. The number of halogens is 2. The van der Waals surface area contributed by atoms with Gasteiger partial charge in [0.15, 0.2) is 17.1 Å². The van der Waals surface area contributed by atoms with E-state index in [9.17, 15) is 9.18 Å². The molecule has 0 saturated heterocycles. The van der Waals surface area contributed by atoms with Gasteiger partial charge in [0.25, 0.3) is 0 Å². The second kappa shape index (κ2) is 11.2. The Kier molecular flexibility index (Phi) is 8.53. The van der Waals surface area contributed by atoms with Crippen LogP contribution in [0.4, 0.5) is 10.1 Å². The van der Waals surface area contributed by atoms with Gasteiger partial charge in [0.1, 0.15) is 11.6 Å². The lowest BCUT2D eigenvalue weighted by Gasteiger charge is -2.21. The van der Waals surface area contributed by atoms with Crippen molar-refractivity contribution < 1.29 is 13.9 Å². The number of hydrogen-bond donors (Lipinski definition) is 1. The second-order valence-electron chi connectivity index (χ2n) is 8.22. The van der Waals surface area contributed by atoms with E-state index in [4.69, 9.17) is 4.74 Å². The number of amides is 1. The van der Waals surface area contributed by atoms with Crippen LogP contribution in [0.1, 0.15) is 64.1 Å². The second-order valence-corrected chi connectivity index (χ2v) is 10.1. The first kappa shape index (κ1) is 25.2. The number of carbonyl (C=O) groups is 1. The molecular weight excluding hydrogens is 507 g/mol. The fraction of sp³-hybridized carbons (Fsp3) is 0.375. The van der Waals surface area contributed by atoms with Gasteiger partial charge in [-0.25, -0.2) is 4.39 Å². The molecule has 0 aliphatic heterocycles. The van der Waals surface area contributed by atoms with E-state index in [1.54, 1.807) is 6.07 Å². The lowest BCUT2D eigenvalue weighted by molar-refractivity contribution is -0.113. The minimum absolute atomic E-state index is 0.0656. The fourth-order valence-corrected chi connectivity index (χ4v) is 4.57. The van der Waals surface area contributed by atoms with E-state index in [-0.39, 0.29) is 29.5 Å². The molecule has 1 heterocycles. The summed E-state index contributed by atoms with van der Waals surface area (Å²) < 4.78 is 22.9. The zero-order valence-corrected chi connectivity index (χ0v) is 21.7. The van der Waals surface area contributed by atoms with Crippen molar-refractivity contribution in [1.82, 2.24) is 14.8 Å². The molecular formula is C24H28BrFN4O2S. The molecule has 6 nitrogen and oxygen atoms in total. The van der Waals surface area contributed by atoms with E-state index in [0.29, 0.717) is 21.4 Å². The van der Waals surface area contributed by atoms with E-state index in [2.05, 4.69) is 51.4 Å². The van der Waals surface area contributed by atoms with E-state index in [1.165, 1.54) is 23.9 Å². The summed E-state index contributed by atoms with van der Waals surface area (Å²) >= 11 is 4.46. The van der Waals surface area contributed by atoms with Crippen LogP contribution in [0.2, 0.25) is 0 Å². The van der Waals surface area contributed by atoms with Crippen molar-refractivity contribution in [3.05, 3.63) is 64.1 Å². The molecule has 176 valence electrons. The Morgan fingerprint density at radius 1 is 1.15 bits per heavy atom. The van der Waals surface area contributed by atoms with Crippen LogP contribution in [-0.2, 0) is 4.79 Å². The predicted octanol–water partition coefficient (Wildman–Crippen LogP) is 6.75. The Morgan fingerprint density at radius 2 is 1.88 bits per heavy atom. The Morgan fingerprint density at radius 3 is 2.55 bits per heavy atom. The average molecular weight is 535 g/mol. The van der Waals surface area contributed by atoms with Gasteiger partial charge in [-0.1, -0.05) is 59.7 Å². The van der Waals surface area contributed by atoms with Gasteiger partial charge in [0.2, 0.25) is 5.91 Å². The molecule has 2 aromatic carbocycles. The van der Waals surface area contributed by atoms with E-state index in [0.717, 1.165) is 11.3 Å². The van der Waals surface area contributed by atoms with E-state index in [1.807, 2.05) is 43.5 Å². The minimum Gasteiger partial charge on any atom is -0.482 e. The molecule has 1 N–H and O–H groups in total. The summed E-state index contributed by atoms with van der Waals surface area (Å²) in [4.78, 5) is 12.4. The van der Waals surface area contributed by atoms with Crippen molar-refractivity contribution in [2.24, 2.45) is 0 Å². The normalized spacial score (nSPS) is 12.3. The van der Waals surface area contributed by atoms with Crippen LogP contribution in [0, 0.1) is 5.82 Å². The number of rotatable bonds is 9. The zero-order valence-electron chi connectivity index (χ0n) is 19.3. The number of carbonyl (C=O) groups excluding carboxylic acids is 1. The van der Waals surface area contributed by atoms with Gasteiger partial charge in [-0.05, 0) is 56.5 Å². The number of aromatic nitrogens is 3. The van der Waals surface area contributed by atoms with Crippen molar-refractivity contribution in [2.45, 2.75) is 57.8 Å². The summed E-state index contributed by atoms with van der Waals surface area (Å²) in [7, 11) is 0. The fourth-order valence-electron chi connectivity index (χ4n) is 3.36. The monoisotopic (exact) mass is 534 g/mol. The number of anilines is 1. The quantitative estimate of drug-likeness (QED) is 0.307. The maximum atomic E-state index is 14.0. The number of thioether (sulfide) groups is 1. The highest BCUT2D eigenvalue weighted by atomic mass is 79.9. The molecule has 3 rings (SSSR count). The van der Waals surface area contributed by atoms with Crippen LogP contribution in [0.3, 0.4) is 0 Å². The van der Waals surface area contributed by atoms with Gasteiger partial charge in [0.05, 0.1) is 11.4 Å². The Bertz CT molecular complexity index is 1120. The van der Waals surface area contributed by atoms with E-state index >= 15 is 0 Å². The first-order chi connectivity index (χ1) is 15.7. The molecule has 1 atom stereocenters. The summed E-state index contributed by atoms with van der Waals surface area (Å²) in [6.07, 6.45) is -0.333. The average Bonchev–Trinajstić information content (AvgIpc) is 3.19. The van der Waals surface area contributed by atoms with Gasteiger partial charge < -0.3 is 14.6 Å². The van der Waals surface area contributed by atoms with Crippen molar-refractivity contribution in [2.75, 3.05) is 11.1 Å². The molecule has 0 saturated carbocycles. The molecule has 0 radical (unpaired) electrons. The molecule has 0 aliphatic carbocycles. The Balaban J connectivity index is 1.72. The third-order valence-corrected chi connectivity index (χ3v) is 6.39. The van der Waals surface area contributed by atoms with Crippen LogP contribution in [-0.4, -0.2) is 26.4 Å². The van der Waals surface area contributed by atoms with Crippen molar-refractivity contribution in [1.29, 1.82) is 0 Å². The number of benzene rings is 2. The molecule has 1 unspecified atom stereocenters. The Labute approximate surface area is 206 Å². The number of nitrogens with one attached hydrogen (secondary N) is 1. The predicted molar refractivity (Wildman–Crippen MR) is 133 cm³/mol. The summed E-state index contributed by atoms with van der Waals surface area (Å²) in [5.41, 5.74) is 1.27. The Hall–Kier alpha value is -2.39. The maximum Gasteiger partial charge on any atom is 0.234 e. The molecule has 3 aromatic rings. The number of ether oxygens (including phenoxy) is 1. The smallest absolute Gasteiger partial charge is 0.234 e. The summed E-state index contributed by atoms with van der Waals surface area (Å²) in [5, 5.41) is 11.9. The zero-order chi connectivity index (χ0) is 24.1. The van der Waals surface area contributed by atoms with Crippen LogP contribution in [0.5, 0.6) is 5.75 Å². The largest absolute Gasteiger partial charge is 0.482 e. The summed E-state index contributed by atoms with van der Waals surface area (Å²) in [6.45, 7) is 10.3. The van der Waals surface area contributed by atoms with Gasteiger partial charge >= 0.3 is 0 Å². The van der Waals surface area contributed by atoms with Gasteiger partial charge in [-0.15, -0.1) is 10.2 Å².